The van der Waals surface area contributed by atoms with E-state index in [1.165, 1.54) is 35.2 Å². The van der Waals surface area contributed by atoms with Crippen molar-refractivity contribution in [2.75, 3.05) is 37.7 Å². The summed E-state index contributed by atoms with van der Waals surface area (Å²) in [7, 11) is 0. The normalized spacial score (nSPS) is 19.3. The first-order valence-electron chi connectivity index (χ1n) is 9.87. The zero-order chi connectivity index (χ0) is 17.6. The summed E-state index contributed by atoms with van der Waals surface area (Å²) in [6.45, 7) is 11.7. The lowest BCUT2D eigenvalue weighted by Gasteiger charge is -2.36. The van der Waals surface area contributed by atoms with Crippen molar-refractivity contribution in [1.29, 1.82) is 0 Å². The molecule has 2 aliphatic heterocycles. The average Bonchev–Trinajstić information content (AvgIpc) is 2.66. The molecule has 0 unspecified atom stereocenters. The van der Waals surface area contributed by atoms with Crippen LogP contribution < -0.4 is 10.2 Å². The molecule has 0 radical (unpaired) electrons. The number of piperidine rings is 1. The van der Waals surface area contributed by atoms with Crippen LogP contribution in [0.25, 0.3) is 0 Å². The van der Waals surface area contributed by atoms with Crippen LogP contribution in [0.1, 0.15) is 49.3 Å². The highest BCUT2D eigenvalue weighted by atomic mass is 16.5. The Hall–Kier alpha value is -1.50. The summed E-state index contributed by atoms with van der Waals surface area (Å²) in [6.07, 6.45) is 4.59. The van der Waals surface area contributed by atoms with Gasteiger partial charge in [-0.05, 0) is 82.8 Å². The van der Waals surface area contributed by atoms with Crippen molar-refractivity contribution in [2.45, 2.75) is 52.5 Å². The van der Waals surface area contributed by atoms with Gasteiger partial charge in [-0.1, -0.05) is 11.8 Å². The van der Waals surface area contributed by atoms with E-state index in [4.69, 9.17) is 4.74 Å². The van der Waals surface area contributed by atoms with Gasteiger partial charge >= 0.3 is 0 Å². The Balaban J connectivity index is 1.85. The van der Waals surface area contributed by atoms with Crippen LogP contribution in [0.4, 0.5) is 5.69 Å². The lowest BCUT2D eigenvalue weighted by molar-refractivity contribution is 0.0846. The Morgan fingerprint density at radius 3 is 2.52 bits per heavy atom. The van der Waals surface area contributed by atoms with E-state index in [1.54, 1.807) is 0 Å². The van der Waals surface area contributed by atoms with Crippen molar-refractivity contribution in [3.05, 3.63) is 28.8 Å². The molecule has 0 aliphatic carbocycles. The number of benzene rings is 1. The molecule has 1 aromatic carbocycles. The second-order valence-electron chi connectivity index (χ2n) is 7.36. The van der Waals surface area contributed by atoms with E-state index < -0.39 is 0 Å². The molecule has 0 spiro atoms. The quantitative estimate of drug-likeness (QED) is 0.850. The molecule has 0 saturated carbocycles. The summed E-state index contributed by atoms with van der Waals surface area (Å²) in [5.41, 5.74) is 5.27. The highest BCUT2D eigenvalue weighted by molar-refractivity contribution is 5.61. The van der Waals surface area contributed by atoms with E-state index in [2.05, 4.69) is 55.0 Å². The zero-order valence-corrected chi connectivity index (χ0v) is 16.0. The number of rotatable bonds is 3. The molecule has 25 heavy (non-hydrogen) atoms. The van der Waals surface area contributed by atoms with Crippen molar-refractivity contribution in [3.8, 4) is 11.8 Å². The van der Waals surface area contributed by atoms with Crippen LogP contribution in [0.5, 0.6) is 0 Å². The Morgan fingerprint density at radius 2 is 1.84 bits per heavy atom. The van der Waals surface area contributed by atoms with Crippen LogP contribution in [0.15, 0.2) is 12.1 Å². The van der Waals surface area contributed by atoms with Gasteiger partial charge in [0.1, 0.15) is 0 Å². The second-order valence-corrected chi connectivity index (χ2v) is 7.36. The number of nitrogens with zero attached hydrogens (tertiary/aromatic N) is 1. The molecule has 2 saturated heterocycles. The summed E-state index contributed by atoms with van der Waals surface area (Å²) < 4.78 is 5.56. The van der Waals surface area contributed by atoms with Gasteiger partial charge in [0.2, 0.25) is 0 Å². The minimum Gasteiger partial charge on any atom is -0.381 e. The molecule has 0 amide bonds. The highest BCUT2D eigenvalue weighted by Gasteiger charge is 2.22. The molecule has 3 rings (SSSR count). The van der Waals surface area contributed by atoms with Crippen molar-refractivity contribution < 1.29 is 4.74 Å². The molecule has 1 N–H and O–H groups in total. The lowest BCUT2D eigenvalue weighted by atomic mass is 9.97. The zero-order valence-electron chi connectivity index (χ0n) is 16.0. The van der Waals surface area contributed by atoms with Crippen LogP contribution in [0.3, 0.4) is 0 Å². The first-order chi connectivity index (χ1) is 12.2. The van der Waals surface area contributed by atoms with Crippen LogP contribution in [-0.4, -0.2) is 38.9 Å². The summed E-state index contributed by atoms with van der Waals surface area (Å²) in [6, 6.07) is 5.16. The molecule has 3 heteroatoms. The third-order valence-electron chi connectivity index (χ3n) is 5.68. The van der Waals surface area contributed by atoms with E-state index in [-0.39, 0.29) is 0 Å². The van der Waals surface area contributed by atoms with Gasteiger partial charge in [0.25, 0.3) is 0 Å². The molecule has 0 bridgehead atoms. The maximum atomic E-state index is 5.56. The fraction of sp³-hybridized carbons (Fsp3) is 0.636. The van der Waals surface area contributed by atoms with Crippen molar-refractivity contribution >= 4 is 5.69 Å². The van der Waals surface area contributed by atoms with E-state index in [9.17, 15) is 0 Å². The molecular weight excluding hydrogens is 308 g/mol. The smallest absolute Gasteiger partial charge is 0.0485 e. The largest absolute Gasteiger partial charge is 0.381 e. The third-order valence-corrected chi connectivity index (χ3v) is 5.68. The first kappa shape index (κ1) is 18.3. The summed E-state index contributed by atoms with van der Waals surface area (Å²) in [4.78, 5) is 2.57. The topological polar surface area (TPSA) is 24.5 Å². The SMILES string of the molecule is CCN(c1cc(C#CC2CCNCC2)cc(C)c1C)C1CCOCC1. The molecule has 1 aromatic rings. The average molecular weight is 341 g/mol. The molecule has 2 heterocycles. The van der Waals surface area contributed by atoms with E-state index >= 15 is 0 Å². The number of hydrogen-bond donors (Lipinski definition) is 1. The van der Waals surface area contributed by atoms with Gasteiger partial charge in [-0.25, -0.2) is 0 Å². The Kier molecular flexibility index (Phi) is 6.39. The van der Waals surface area contributed by atoms with E-state index in [1.807, 2.05) is 0 Å². The minimum atomic E-state index is 0.545. The van der Waals surface area contributed by atoms with Crippen LogP contribution in [0.2, 0.25) is 0 Å². The van der Waals surface area contributed by atoms with Gasteiger partial charge in [-0.15, -0.1) is 0 Å². The molecule has 2 aliphatic rings. The van der Waals surface area contributed by atoms with Gasteiger partial charge < -0.3 is 15.0 Å². The number of hydrogen-bond acceptors (Lipinski definition) is 3. The summed E-state index contributed by atoms with van der Waals surface area (Å²) in [5.74, 6) is 7.54. The Labute approximate surface area is 153 Å². The van der Waals surface area contributed by atoms with E-state index in [0.29, 0.717) is 12.0 Å². The molecule has 2 fully saturated rings. The van der Waals surface area contributed by atoms with Crippen LogP contribution in [0, 0.1) is 31.6 Å². The number of aryl methyl sites for hydroxylation is 1. The first-order valence-corrected chi connectivity index (χ1v) is 9.87. The monoisotopic (exact) mass is 340 g/mol. The fourth-order valence-electron chi connectivity index (χ4n) is 3.98. The summed E-state index contributed by atoms with van der Waals surface area (Å²) >= 11 is 0. The highest BCUT2D eigenvalue weighted by Crippen LogP contribution is 2.29. The number of ether oxygens (including phenoxy) is 1. The Bertz CT molecular complexity index is 631. The van der Waals surface area contributed by atoms with Gasteiger partial charge in [0.05, 0.1) is 0 Å². The second kappa shape index (κ2) is 8.74. The van der Waals surface area contributed by atoms with Crippen LogP contribution >= 0.6 is 0 Å². The van der Waals surface area contributed by atoms with Gasteiger partial charge in [0.15, 0.2) is 0 Å². The van der Waals surface area contributed by atoms with Crippen molar-refractivity contribution in [2.24, 2.45) is 5.92 Å². The molecule has 0 atom stereocenters. The molecule has 3 nitrogen and oxygen atoms in total. The van der Waals surface area contributed by atoms with Crippen LogP contribution in [-0.2, 0) is 4.74 Å². The fourth-order valence-corrected chi connectivity index (χ4v) is 3.98. The minimum absolute atomic E-state index is 0.545. The third kappa shape index (κ3) is 4.57. The number of nitrogens with one attached hydrogen (secondary N) is 1. The van der Waals surface area contributed by atoms with Gasteiger partial charge in [-0.2, -0.15) is 0 Å². The number of anilines is 1. The predicted molar refractivity (Wildman–Crippen MR) is 105 cm³/mol. The van der Waals surface area contributed by atoms with Crippen molar-refractivity contribution in [1.82, 2.24) is 5.32 Å². The molecule has 0 aromatic heterocycles. The predicted octanol–water partition coefficient (Wildman–Crippen LogP) is 3.66. The van der Waals surface area contributed by atoms with Gasteiger partial charge in [0, 0.05) is 43.0 Å². The molecule has 136 valence electrons. The maximum Gasteiger partial charge on any atom is 0.0485 e. The van der Waals surface area contributed by atoms with E-state index in [0.717, 1.165) is 45.7 Å². The van der Waals surface area contributed by atoms with Crippen molar-refractivity contribution in [3.63, 3.8) is 0 Å². The summed E-state index contributed by atoms with van der Waals surface area (Å²) in [5, 5.41) is 3.41. The maximum absolute atomic E-state index is 5.56. The lowest BCUT2D eigenvalue weighted by Crippen LogP contribution is -2.40. The standard InChI is InChI=1S/C22H32N2O/c1-4-24(21-9-13-25-14-10-21)22-16-20(15-17(2)18(22)3)6-5-19-7-11-23-12-8-19/h15-16,19,21,23H,4,7-14H2,1-3H3. The van der Waals surface area contributed by atoms with Gasteiger partial charge in [-0.3, -0.25) is 0 Å². The Morgan fingerprint density at radius 1 is 1.12 bits per heavy atom. The molecular formula is C22H32N2O.